The van der Waals surface area contributed by atoms with Crippen molar-refractivity contribution in [1.29, 1.82) is 0 Å². The summed E-state index contributed by atoms with van der Waals surface area (Å²) >= 11 is 3.52. The largest absolute Gasteiger partial charge is 0.294 e. The Morgan fingerprint density at radius 2 is 1.75 bits per heavy atom. The molecule has 80 valence electrons. The first-order chi connectivity index (χ1) is 7.77. The summed E-state index contributed by atoms with van der Waals surface area (Å²) in [6.07, 6.45) is 2.12. The lowest BCUT2D eigenvalue weighted by Gasteiger charge is -2.06. The zero-order valence-electron chi connectivity index (χ0n) is 8.74. The van der Waals surface area contributed by atoms with Crippen molar-refractivity contribution in [2.45, 2.75) is 12.8 Å². The van der Waals surface area contributed by atoms with Crippen LogP contribution < -0.4 is 0 Å². The topological polar surface area (TPSA) is 17.1 Å². The van der Waals surface area contributed by atoms with Crippen molar-refractivity contribution < 1.29 is 4.79 Å². The fraction of sp³-hybridized carbons (Fsp3) is 0.214. The second kappa shape index (κ2) is 3.70. The average Bonchev–Trinajstić information content (AvgIpc) is 3.13. The number of carbonyl (C=O) groups is 1. The number of rotatable bonds is 2. The zero-order valence-corrected chi connectivity index (χ0v) is 10.3. The van der Waals surface area contributed by atoms with Gasteiger partial charge in [-0.25, -0.2) is 0 Å². The molecular formula is C14H11BrO. The summed E-state index contributed by atoms with van der Waals surface area (Å²) < 4.78 is 1.05. The second-order valence-corrected chi connectivity index (χ2v) is 5.13. The number of halogens is 1. The van der Waals surface area contributed by atoms with E-state index in [9.17, 15) is 4.79 Å². The molecule has 1 saturated carbocycles. The SMILES string of the molecule is O=C(c1ccc(Br)c2ccccc12)C1CC1. The highest BCUT2D eigenvalue weighted by Gasteiger charge is 2.31. The highest BCUT2D eigenvalue weighted by Crippen LogP contribution is 2.36. The number of fused-ring (bicyclic) bond motifs is 1. The molecule has 2 aromatic carbocycles. The van der Waals surface area contributed by atoms with Crippen molar-refractivity contribution in [3.05, 3.63) is 46.4 Å². The number of hydrogen-bond acceptors (Lipinski definition) is 1. The molecule has 1 aliphatic rings. The Morgan fingerprint density at radius 3 is 2.44 bits per heavy atom. The third-order valence-electron chi connectivity index (χ3n) is 3.08. The molecule has 3 rings (SSSR count). The van der Waals surface area contributed by atoms with Gasteiger partial charge in [0, 0.05) is 16.0 Å². The quantitative estimate of drug-likeness (QED) is 0.751. The number of hydrogen-bond donors (Lipinski definition) is 0. The summed E-state index contributed by atoms with van der Waals surface area (Å²) in [5.74, 6) is 0.591. The van der Waals surface area contributed by atoms with Gasteiger partial charge < -0.3 is 0 Å². The summed E-state index contributed by atoms with van der Waals surface area (Å²) in [4.78, 5) is 12.1. The summed E-state index contributed by atoms with van der Waals surface area (Å²) in [5.41, 5.74) is 0.876. The lowest BCUT2D eigenvalue weighted by atomic mass is 9.99. The predicted molar refractivity (Wildman–Crippen MR) is 68.7 cm³/mol. The number of benzene rings is 2. The van der Waals surface area contributed by atoms with Gasteiger partial charge in [0.25, 0.3) is 0 Å². The Balaban J connectivity index is 2.24. The van der Waals surface area contributed by atoms with E-state index in [0.29, 0.717) is 5.78 Å². The smallest absolute Gasteiger partial charge is 0.166 e. The standard InChI is InChI=1S/C14H11BrO/c15-13-8-7-12(14(16)9-5-6-9)10-3-1-2-4-11(10)13/h1-4,7-9H,5-6H2. The highest BCUT2D eigenvalue weighted by atomic mass is 79.9. The molecule has 2 aromatic rings. The van der Waals surface area contributed by atoms with Crippen LogP contribution in [0.1, 0.15) is 23.2 Å². The van der Waals surface area contributed by atoms with Crippen LogP contribution in [0.2, 0.25) is 0 Å². The van der Waals surface area contributed by atoms with Crippen LogP contribution in [-0.2, 0) is 0 Å². The van der Waals surface area contributed by atoms with Gasteiger partial charge in [0.2, 0.25) is 0 Å². The van der Waals surface area contributed by atoms with Crippen LogP contribution in [0.25, 0.3) is 10.8 Å². The van der Waals surface area contributed by atoms with Gasteiger partial charge in [-0.15, -0.1) is 0 Å². The summed E-state index contributed by atoms with van der Waals surface area (Å²) in [5, 5.41) is 2.18. The van der Waals surface area contributed by atoms with E-state index in [-0.39, 0.29) is 5.92 Å². The fourth-order valence-corrected chi connectivity index (χ4v) is 2.52. The molecule has 0 amide bonds. The molecule has 0 bridgehead atoms. The van der Waals surface area contributed by atoms with E-state index in [0.717, 1.165) is 33.7 Å². The van der Waals surface area contributed by atoms with Crippen LogP contribution >= 0.6 is 15.9 Å². The minimum atomic E-state index is 0.282. The molecule has 0 N–H and O–H groups in total. The molecule has 0 radical (unpaired) electrons. The van der Waals surface area contributed by atoms with E-state index in [1.807, 2.05) is 36.4 Å². The Bertz CT molecular complexity index is 570. The average molecular weight is 275 g/mol. The first kappa shape index (κ1) is 10.0. The molecule has 0 atom stereocenters. The van der Waals surface area contributed by atoms with Crippen LogP contribution in [0, 0.1) is 5.92 Å². The van der Waals surface area contributed by atoms with Crippen LogP contribution in [0.5, 0.6) is 0 Å². The second-order valence-electron chi connectivity index (χ2n) is 4.28. The van der Waals surface area contributed by atoms with Crippen LogP contribution in [0.3, 0.4) is 0 Å². The van der Waals surface area contributed by atoms with E-state index < -0.39 is 0 Å². The van der Waals surface area contributed by atoms with E-state index in [1.54, 1.807) is 0 Å². The molecule has 1 aliphatic carbocycles. The van der Waals surface area contributed by atoms with Crippen molar-refractivity contribution in [3.63, 3.8) is 0 Å². The maximum absolute atomic E-state index is 12.1. The molecule has 2 heteroatoms. The third kappa shape index (κ3) is 1.57. The summed E-state index contributed by atoms with van der Waals surface area (Å²) in [7, 11) is 0. The molecular weight excluding hydrogens is 264 g/mol. The van der Waals surface area contributed by atoms with E-state index in [1.165, 1.54) is 0 Å². The Hall–Kier alpha value is -1.15. The first-order valence-corrected chi connectivity index (χ1v) is 6.28. The van der Waals surface area contributed by atoms with Crippen molar-refractivity contribution in [3.8, 4) is 0 Å². The Morgan fingerprint density at radius 1 is 1.06 bits per heavy atom. The van der Waals surface area contributed by atoms with Gasteiger partial charge in [-0.2, -0.15) is 0 Å². The molecule has 0 saturated heterocycles. The molecule has 0 heterocycles. The minimum absolute atomic E-state index is 0.282. The van der Waals surface area contributed by atoms with E-state index in [2.05, 4.69) is 15.9 Å². The molecule has 16 heavy (non-hydrogen) atoms. The monoisotopic (exact) mass is 274 g/mol. The first-order valence-electron chi connectivity index (χ1n) is 5.49. The number of carbonyl (C=O) groups excluding carboxylic acids is 1. The minimum Gasteiger partial charge on any atom is -0.294 e. The van der Waals surface area contributed by atoms with Gasteiger partial charge in [-0.3, -0.25) is 4.79 Å². The van der Waals surface area contributed by atoms with E-state index >= 15 is 0 Å². The van der Waals surface area contributed by atoms with Gasteiger partial charge in [-0.1, -0.05) is 40.2 Å². The molecule has 1 nitrogen and oxygen atoms in total. The molecule has 0 aliphatic heterocycles. The van der Waals surface area contributed by atoms with Crippen molar-refractivity contribution >= 4 is 32.5 Å². The van der Waals surface area contributed by atoms with Crippen LogP contribution in [0.4, 0.5) is 0 Å². The predicted octanol–water partition coefficient (Wildman–Crippen LogP) is 4.20. The Labute approximate surface area is 103 Å². The van der Waals surface area contributed by atoms with Gasteiger partial charge in [0.1, 0.15) is 0 Å². The normalized spacial score (nSPS) is 15.3. The van der Waals surface area contributed by atoms with Gasteiger partial charge >= 0.3 is 0 Å². The molecule has 0 spiro atoms. The van der Waals surface area contributed by atoms with Crippen molar-refractivity contribution in [2.24, 2.45) is 5.92 Å². The van der Waals surface area contributed by atoms with Gasteiger partial charge in [-0.05, 0) is 35.7 Å². The van der Waals surface area contributed by atoms with Crippen LogP contribution in [0.15, 0.2) is 40.9 Å². The highest BCUT2D eigenvalue weighted by molar-refractivity contribution is 9.10. The van der Waals surface area contributed by atoms with Crippen molar-refractivity contribution in [2.75, 3.05) is 0 Å². The maximum Gasteiger partial charge on any atom is 0.166 e. The van der Waals surface area contributed by atoms with E-state index in [4.69, 9.17) is 0 Å². The third-order valence-corrected chi connectivity index (χ3v) is 3.78. The van der Waals surface area contributed by atoms with Crippen molar-refractivity contribution in [1.82, 2.24) is 0 Å². The zero-order chi connectivity index (χ0) is 11.1. The molecule has 0 unspecified atom stereocenters. The maximum atomic E-state index is 12.1. The van der Waals surface area contributed by atoms with Gasteiger partial charge in [0.15, 0.2) is 5.78 Å². The summed E-state index contributed by atoms with van der Waals surface area (Å²) in [6.45, 7) is 0. The lowest BCUT2D eigenvalue weighted by molar-refractivity contribution is 0.0969. The Kier molecular flexibility index (Phi) is 2.32. The number of Topliss-reactive ketones (excluding diaryl/α,β-unsaturated/α-hetero) is 1. The fourth-order valence-electron chi connectivity index (χ4n) is 2.04. The molecule has 1 fully saturated rings. The lowest BCUT2D eigenvalue weighted by Crippen LogP contribution is -2.02. The summed E-state index contributed by atoms with van der Waals surface area (Å²) in [6, 6.07) is 12.0. The van der Waals surface area contributed by atoms with Gasteiger partial charge in [0.05, 0.1) is 0 Å². The van der Waals surface area contributed by atoms with Crippen LogP contribution in [-0.4, -0.2) is 5.78 Å². The molecule has 0 aromatic heterocycles. The number of ketones is 1.